The van der Waals surface area contributed by atoms with Gasteiger partial charge in [0.15, 0.2) is 5.78 Å². The summed E-state index contributed by atoms with van der Waals surface area (Å²) in [6, 6.07) is 8.11. The zero-order valence-corrected chi connectivity index (χ0v) is 18.9. The molecule has 0 N–H and O–H groups in total. The maximum absolute atomic E-state index is 12.2. The molecule has 1 saturated carbocycles. The first kappa shape index (κ1) is 23.8. The van der Waals surface area contributed by atoms with Crippen molar-refractivity contribution >= 4 is 11.6 Å². The van der Waals surface area contributed by atoms with Crippen LogP contribution in [-0.2, 0) is 4.79 Å². The van der Waals surface area contributed by atoms with Crippen molar-refractivity contribution < 1.29 is 9.59 Å². The van der Waals surface area contributed by atoms with E-state index in [9.17, 15) is 9.59 Å². The third-order valence-corrected chi connectivity index (χ3v) is 6.65. The number of carbonyl (C=O) groups is 2. The molecule has 0 heterocycles. The molecule has 2 heteroatoms. The van der Waals surface area contributed by atoms with Crippen molar-refractivity contribution in [2.45, 2.75) is 116 Å². The lowest BCUT2D eigenvalue weighted by molar-refractivity contribution is -0.118. The lowest BCUT2D eigenvalue weighted by Gasteiger charge is -2.29. The predicted octanol–water partition coefficient (Wildman–Crippen LogP) is 8.04. The van der Waals surface area contributed by atoms with Crippen LogP contribution in [0.1, 0.15) is 132 Å². The van der Waals surface area contributed by atoms with Crippen molar-refractivity contribution in [3.8, 4) is 0 Å². The van der Waals surface area contributed by atoms with E-state index in [4.69, 9.17) is 0 Å². The molecule has 1 aromatic rings. The van der Waals surface area contributed by atoms with Gasteiger partial charge in [0.25, 0.3) is 0 Å². The average Bonchev–Trinajstić information content (AvgIpc) is 2.74. The van der Waals surface area contributed by atoms with Gasteiger partial charge in [-0.05, 0) is 49.5 Å². The summed E-state index contributed by atoms with van der Waals surface area (Å²) in [7, 11) is 0. The van der Waals surface area contributed by atoms with Crippen LogP contribution in [0.15, 0.2) is 24.3 Å². The zero-order valence-electron chi connectivity index (χ0n) is 18.9. The summed E-state index contributed by atoms with van der Waals surface area (Å²) in [5, 5.41) is 0. The van der Waals surface area contributed by atoms with Crippen LogP contribution in [0.2, 0.25) is 0 Å². The zero-order chi connectivity index (χ0) is 20.9. The van der Waals surface area contributed by atoms with Crippen molar-refractivity contribution in [2.75, 3.05) is 0 Å². The summed E-state index contributed by atoms with van der Waals surface area (Å²) < 4.78 is 0. The second-order valence-corrected chi connectivity index (χ2v) is 9.14. The standard InChI is InChI=1S/C27H42O2/c1-3-5-6-7-8-9-10-12-22-13-15-23(16-14-22)24-17-19-25(20-18-24)27(29)21-26(28)11-4-2/h17-20,22-23H,3-16,21H2,1-2H3. The molecule has 0 aromatic heterocycles. The maximum Gasteiger partial charge on any atom is 0.170 e. The van der Waals surface area contributed by atoms with E-state index in [2.05, 4.69) is 19.1 Å². The molecule has 2 rings (SSSR count). The first-order valence-corrected chi connectivity index (χ1v) is 12.3. The molecule has 162 valence electrons. The highest BCUT2D eigenvalue weighted by molar-refractivity contribution is 6.07. The second-order valence-electron chi connectivity index (χ2n) is 9.14. The van der Waals surface area contributed by atoms with Gasteiger partial charge in [-0.15, -0.1) is 0 Å². The fraction of sp³-hybridized carbons (Fsp3) is 0.704. The summed E-state index contributed by atoms with van der Waals surface area (Å²) in [6.45, 7) is 4.25. The smallest absolute Gasteiger partial charge is 0.170 e. The van der Waals surface area contributed by atoms with Crippen LogP contribution in [0, 0.1) is 5.92 Å². The number of hydrogen-bond donors (Lipinski definition) is 0. The minimum Gasteiger partial charge on any atom is -0.299 e. The van der Waals surface area contributed by atoms with Crippen LogP contribution >= 0.6 is 0 Å². The lowest BCUT2D eigenvalue weighted by atomic mass is 9.77. The molecule has 0 aliphatic heterocycles. The van der Waals surface area contributed by atoms with E-state index in [1.165, 1.54) is 82.6 Å². The van der Waals surface area contributed by atoms with Crippen molar-refractivity contribution in [2.24, 2.45) is 5.92 Å². The van der Waals surface area contributed by atoms with Crippen LogP contribution in [0.25, 0.3) is 0 Å². The molecule has 0 amide bonds. The van der Waals surface area contributed by atoms with Gasteiger partial charge in [0, 0.05) is 12.0 Å². The number of hydrogen-bond acceptors (Lipinski definition) is 2. The van der Waals surface area contributed by atoms with Crippen LogP contribution in [-0.4, -0.2) is 11.6 Å². The third-order valence-electron chi connectivity index (χ3n) is 6.65. The molecule has 0 bridgehead atoms. The highest BCUT2D eigenvalue weighted by Gasteiger charge is 2.22. The van der Waals surface area contributed by atoms with Gasteiger partial charge < -0.3 is 0 Å². The topological polar surface area (TPSA) is 34.1 Å². The first-order valence-electron chi connectivity index (χ1n) is 12.3. The Kier molecular flexibility index (Phi) is 11.3. The van der Waals surface area contributed by atoms with Gasteiger partial charge in [0.05, 0.1) is 6.42 Å². The summed E-state index contributed by atoms with van der Waals surface area (Å²) in [6.07, 6.45) is 17.9. The van der Waals surface area contributed by atoms with Gasteiger partial charge in [0.2, 0.25) is 0 Å². The lowest BCUT2D eigenvalue weighted by Crippen LogP contribution is -2.13. The molecule has 1 fully saturated rings. The molecule has 1 aliphatic rings. The Hall–Kier alpha value is -1.44. The Morgan fingerprint density at radius 3 is 2.03 bits per heavy atom. The molecular weight excluding hydrogens is 356 g/mol. The van der Waals surface area contributed by atoms with Crippen molar-refractivity contribution in [1.82, 2.24) is 0 Å². The van der Waals surface area contributed by atoms with E-state index >= 15 is 0 Å². The molecule has 0 saturated heterocycles. The highest BCUT2D eigenvalue weighted by atomic mass is 16.1. The van der Waals surface area contributed by atoms with Gasteiger partial charge in [-0.1, -0.05) is 89.5 Å². The molecule has 0 spiro atoms. The molecule has 2 nitrogen and oxygen atoms in total. The van der Waals surface area contributed by atoms with E-state index in [0.717, 1.165) is 12.3 Å². The van der Waals surface area contributed by atoms with E-state index in [1.807, 2.05) is 19.1 Å². The van der Waals surface area contributed by atoms with Gasteiger partial charge in [-0.25, -0.2) is 0 Å². The summed E-state index contributed by atoms with van der Waals surface area (Å²) in [4.78, 5) is 23.9. The van der Waals surface area contributed by atoms with Crippen molar-refractivity contribution in [1.29, 1.82) is 0 Å². The van der Waals surface area contributed by atoms with E-state index in [-0.39, 0.29) is 18.0 Å². The highest BCUT2D eigenvalue weighted by Crippen LogP contribution is 2.37. The second kappa shape index (κ2) is 13.7. The average molecular weight is 399 g/mol. The van der Waals surface area contributed by atoms with E-state index in [0.29, 0.717) is 17.9 Å². The van der Waals surface area contributed by atoms with Gasteiger partial charge in [-0.3, -0.25) is 9.59 Å². The number of ketones is 2. The maximum atomic E-state index is 12.2. The van der Waals surface area contributed by atoms with Crippen LogP contribution in [0.5, 0.6) is 0 Å². The molecule has 0 atom stereocenters. The number of unbranched alkanes of at least 4 members (excludes halogenated alkanes) is 6. The fourth-order valence-corrected chi connectivity index (χ4v) is 4.76. The quantitative estimate of drug-likeness (QED) is 0.180. The Morgan fingerprint density at radius 2 is 1.41 bits per heavy atom. The Morgan fingerprint density at radius 1 is 0.793 bits per heavy atom. The monoisotopic (exact) mass is 398 g/mol. The summed E-state index contributed by atoms with van der Waals surface area (Å²) in [5.74, 6) is 1.59. The number of benzene rings is 1. The Labute approximate surface area is 178 Å². The number of carbonyl (C=O) groups excluding carboxylic acids is 2. The summed E-state index contributed by atoms with van der Waals surface area (Å²) >= 11 is 0. The minimum absolute atomic E-state index is 0.0339. The van der Waals surface area contributed by atoms with Crippen molar-refractivity contribution in [3.63, 3.8) is 0 Å². The Balaban J connectivity index is 1.67. The predicted molar refractivity (Wildman–Crippen MR) is 123 cm³/mol. The molecule has 1 aliphatic carbocycles. The molecule has 29 heavy (non-hydrogen) atoms. The van der Waals surface area contributed by atoms with Gasteiger partial charge in [0.1, 0.15) is 5.78 Å². The van der Waals surface area contributed by atoms with Crippen LogP contribution in [0.4, 0.5) is 0 Å². The van der Waals surface area contributed by atoms with Gasteiger partial charge in [-0.2, -0.15) is 0 Å². The van der Waals surface area contributed by atoms with Crippen LogP contribution < -0.4 is 0 Å². The first-order chi connectivity index (χ1) is 14.1. The normalized spacial score (nSPS) is 19.2. The van der Waals surface area contributed by atoms with E-state index in [1.54, 1.807) is 0 Å². The molecule has 0 unspecified atom stereocenters. The third kappa shape index (κ3) is 8.84. The molecule has 0 radical (unpaired) electrons. The molecule has 1 aromatic carbocycles. The minimum atomic E-state index is -0.0339. The summed E-state index contributed by atoms with van der Waals surface area (Å²) in [5.41, 5.74) is 2.06. The SMILES string of the molecule is CCCCCCCCCC1CCC(c2ccc(C(=O)CC(=O)CCC)cc2)CC1. The van der Waals surface area contributed by atoms with Gasteiger partial charge >= 0.3 is 0 Å². The fourth-order valence-electron chi connectivity index (χ4n) is 4.76. The number of Topliss-reactive ketones (excluding diaryl/α,β-unsaturated/α-hetero) is 2. The largest absolute Gasteiger partial charge is 0.299 e. The number of rotatable bonds is 14. The van der Waals surface area contributed by atoms with E-state index < -0.39 is 0 Å². The van der Waals surface area contributed by atoms with Crippen LogP contribution in [0.3, 0.4) is 0 Å². The Bertz CT molecular complexity index is 593. The van der Waals surface area contributed by atoms with Crippen molar-refractivity contribution in [3.05, 3.63) is 35.4 Å². The molecular formula is C27H42O2.